The van der Waals surface area contributed by atoms with Gasteiger partial charge in [0.05, 0.1) is 6.26 Å². The summed E-state index contributed by atoms with van der Waals surface area (Å²) in [5, 5.41) is 11.0. The van der Waals surface area contributed by atoms with E-state index in [-0.39, 0.29) is 18.3 Å². The molecule has 36 heavy (non-hydrogen) atoms. The summed E-state index contributed by atoms with van der Waals surface area (Å²) in [7, 11) is 0. The second-order valence-electron chi connectivity index (χ2n) is 7.77. The first-order chi connectivity index (χ1) is 17.5. The van der Waals surface area contributed by atoms with Crippen LogP contribution < -0.4 is 26.0 Å². The van der Waals surface area contributed by atoms with Gasteiger partial charge in [-0.25, -0.2) is 4.79 Å². The largest absolute Gasteiger partial charge is 0.484 e. The molecule has 0 unspecified atom stereocenters. The molecule has 4 amide bonds. The van der Waals surface area contributed by atoms with Gasteiger partial charge in [-0.2, -0.15) is 0 Å². The third-order valence-corrected chi connectivity index (χ3v) is 5.01. The van der Waals surface area contributed by atoms with Crippen molar-refractivity contribution in [3.05, 3.63) is 103 Å². The molecule has 0 radical (unpaired) electrons. The lowest BCUT2D eigenvalue weighted by Gasteiger charge is -2.13. The summed E-state index contributed by atoms with van der Waals surface area (Å²) >= 11 is 0. The third kappa shape index (κ3) is 6.73. The molecule has 4 aromatic rings. The lowest BCUT2D eigenvalue weighted by Crippen LogP contribution is -2.22. The first kappa shape index (κ1) is 24.1. The minimum absolute atomic E-state index is 0.185. The molecule has 0 saturated heterocycles. The minimum Gasteiger partial charge on any atom is -0.484 e. The van der Waals surface area contributed by atoms with Crippen LogP contribution in [0.3, 0.4) is 0 Å². The van der Waals surface area contributed by atoms with E-state index >= 15 is 0 Å². The molecule has 0 aliphatic heterocycles. The highest BCUT2D eigenvalue weighted by atomic mass is 16.5. The summed E-state index contributed by atoms with van der Waals surface area (Å²) in [6.45, 7) is 1.59. The summed E-state index contributed by atoms with van der Waals surface area (Å²) in [5.41, 5.74) is 3.04. The third-order valence-electron chi connectivity index (χ3n) is 5.01. The van der Waals surface area contributed by atoms with E-state index in [1.165, 1.54) is 6.26 Å². The van der Waals surface area contributed by atoms with Gasteiger partial charge in [-0.3, -0.25) is 9.59 Å². The maximum absolute atomic E-state index is 12.5. The second-order valence-corrected chi connectivity index (χ2v) is 7.77. The van der Waals surface area contributed by atoms with Crippen molar-refractivity contribution >= 4 is 40.6 Å². The number of carbonyl (C=O) groups is 3. The van der Waals surface area contributed by atoms with Gasteiger partial charge in [-0.1, -0.05) is 30.3 Å². The lowest BCUT2D eigenvalue weighted by molar-refractivity contribution is -0.118. The number of ether oxygens (including phenoxy) is 1. The Balaban J connectivity index is 1.31. The van der Waals surface area contributed by atoms with Gasteiger partial charge >= 0.3 is 6.03 Å². The number of furan rings is 1. The van der Waals surface area contributed by atoms with Gasteiger partial charge in [0.1, 0.15) is 5.75 Å². The van der Waals surface area contributed by atoms with Gasteiger partial charge < -0.3 is 30.4 Å². The molecular formula is C27H24N4O5. The van der Waals surface area contributed by atoms with Crippen molar-refractivity contribution in [1.82, 2.24) is 0 Å². The van der Waals surface area contributed by atoms with Crippen LogP contribution in [0.4, 0.5) is 27.5 Å². The van der Waals surface area contributed by atoms with Crippen LogP contribution in [0.1, 0.15) is 16.1 Å². The lowest BCUT2D eigenvalue weighted by atomic mass is 10.2. The van der Waals surface area contributed by atoms with Gasteiger partial charge in [0, 0.05) is 28.8 Å². The van der Waals surface area contributed by atoms with E-state index < -0.39 is 11.9 Å². The first-order valence-electron chi connectivity index (χ1n) is 11.1. The Morgan fingerprint density at radius 3 is 2.28 bits per heavy atom. The van der Waals surface area contributed by atoms with E-state index in [1.807, 2.05) is 25.1 Å². The van der Waals surface area contributed by atoms with E-state index in [9.17, 15) is 14.4 Å². The molecule has 0 atom stereocenters. The smallest absolute Gasteiger partial charge is 0.323 e. The van der Waals surface area contributed by atoms with Crippen LogP contribution in [0.5, 0.6) is 5.75 Å². The number of anilines is 4. The molecule has 0 aliphatic rings. The van der Waals surface area contributed by atoms with E-state index in [0.717, 1.165) is 5.56 Å². The van der Waals surface area contributed by atoms with Crippen molar-refractivity contribution < 1.29 is 23.5 Å². The zero-order valence-electron chi connectivity index (χ0n) is 19.4. The van der Waals surface area contributed by atoms with E-state index in [4.69, 9.17) is 9.15 Å². The summed E-state index contributed by atoms with van der Waals surface area (Å²) in [6.07, 6.45) is 1.42. The number of benzene rings is 3. The van der Waals surface area contributed by atoms with Crippen molar-refractivity contribution in [3.63, 3.8) is 0 Å². The maximum atomic E-state index is 12.5. The first-order valence-corrected chi connectivity index (χ1v) is 11.1. The molecule has 182 valence electrons. The van der Waals surface area contributed by atoms with Crippen molar-refractivity contribution in [2.75, 3.05) is 27.9 Å². The number of aryl methyl sites for hydroxylation is 1. The monoisotopic (exact) mass is 484 g/mol. The number of para-hydroxylation sites is 1. The maximum Gasteiger partial charge on any atom is 0.323 e. The topological polar surface area (TPSA) is 122 Å². The average molecular weight is 485 g/mol. The Labute approximate surface area is 207 Å². The fourth-order valence-corrected chi connectivity index (χ4v) is 3.25. The van der Waals surface area contributed by atoms with E-state index in [0.29, 0.717) is 28.5 Å². The highest BCUT2D eigenvalue weighted by Crippen LogP contribution is 2.22. The molecule has 0 spiro atoms. The Hall–Kier alpha value is -5.05. The number of amides is 4. The minimum atomic E-state index is -0.398. The molecule has 1 aromatic heterocycles. The summed E-state index contributed by atoms with van der Waals surface area (Å²) in [4.78, 5) is 36.9. The van der Waals surface area contributed by atoms with Crippen molar-refractivity contribution in [3.8, 4) is 5.75 Å². The highest BCUT2D eigenvalue weighted by Gasteiger charge is 2.11. The molecule has 0 aliphatic carbocycles. The zero-order chi connectivity index (χ0) is 25.3. The summed E-state index contributed by atoms with van der Waals surface area (Å²) < 4.78 is 10.7. The molecular weight excluding hydrogens is 460 g/mol. The molecule has 1 heterocycles. The molecule has 4 N–H and O–H groups in total. The molecule has 9 heteroatoms. The highest BCUT2D eigenvalue weighted by molar-refractivity contribution is 6.02. The summed E-state index contributed by atoms with van der Waals surface area (Å²) in [5.74, 6) is -0.178. The average Bonchev–Trinajstić information content (AvgIpc) is 3.41. The Kier molecular flexibility index (Phi) is 7.62. The number of urea groups is 1. The predicted octanol–water partition coefficient (Wildman–Crippen LogP) is 5.50. The van der Waals surface area contributed by atoms with Gasteiger partial charge in [0.2, 0.25) is 0 Å². The number of carbonyl (C=O) groups excluding carboxylic acids is 3. The van der Waals surface area contributed by atoms with E-state index in [1.54, 1.807) is 66.7 Å². The fraction of sp³-hybridized carbons (Fsp3) is 0.0741. The van der Waals surface area contributed by atoms with Gasteiger partial charge in [0.25, 0.3) is 11.8 Å². The van der Waals surface area contributed by atoms with Crippen LogP contribution in [0.15, 0.2) is 95.6 Å². The number of rotatable bonds is 8. The fourth-order valence-electron chi connectivity index (χ4n) is 3.25. The quantitative estimate of drug-likeness (QED) is 0.263. The number of nitrogens with one attached hydrogen (secondary N) is 4. The van der Waals surface area contributed by atoms with Gasteiger partial charge in [0.15, 0.2) is 12.4 Å². The van der Waals surface area contributed by atoms with Crippen molar-refractivity contribution in [2.45, 2.75) is 6.92 Å². The SMILES string of the molecule is Cc1ccc(NC(=O)Nc2ccccc2)cc1NC(=O)COc1cccc(NC(=O)c2ccco2)c1. The van der Waals surface area contributed by atoms with Gasteiger partial charge in [-0.15, -0.1) is 0 Å². The number of hydrogen-bond donors (Lipinski definition) is 4. The van der Waals surface area contributed by atoms with Crippen LogP contribution in [0, 0.1) is 6.92 Å². The second kappa shape index (κ2) is 11.4. The molecule has 3 aromatic carbocycles. The Bertz CT molecular complexity index is 1350. The molecule has 9 nitrogen and oxygen atoms in total. The predicted molar refractivity (Wildman–Crippen MR) is 137 cm³/mol. The van der Waals surface area contributed by atoms with Crippen LogP contribution in [-0.4, -0.2) is 24.5 Å². The normalized spacial score (nSPS) is 10.2. The number of hydrogen-bond acceptors (Lipinski definition) is 5. The van der Waals surface area contributed by atoms with Crippen LogP contribution >= 0.6 is 0 Å². The molecule has 0 bridgehead atoms. The van der Waals surface area contributed by atoms with Gasteiger partial charge in [-0.05, 0) is 61.0 Å². The van der Waals surface area contributed by atoms with Crippen LogP contribution in [0.2, 0.25) is 0 Å². The molecule has 4 rings (SSSR count). The van der Waals surface area contributed by atoms with E-state index in [2.05, 4.69) is 21.3 Å². The standard InChI is InChI=1S/C27H24N4O5/c1-18-12-13-21(30-27(34)29-19-7-3-2-4-8-19)16-23(18)31-25(32)17-36-22-10-5-9-20(15-22)28-26(33)24-11-6-14-35-24/h2-16H,17H2,1H3,(H,28,33)(H,31,32)(H2,29,30,34). The van der Waals surface area contributed by atoms with Crippen LogP contribution in [0.25, 0.3) is 0 Å². The summed E-state index contributed by atoms with van der Waals surface area (Å²) in [6, 6.07) is 23.7. The van der Waals surface area contributed by atoms with Crippen molar-refractivity contribution in [2.24, 2.45) is 0 Å². The molecule has 0 saturated carbocycles. The Morgan fingerprint density at radius 2 is 1.50 bits per heavy atom. The van der Waals surface area contributed by atoms with Crippen LogP contribution in [-0.2, 0) is 4.79 Å². The van der Waals surface area contributed by atoms with Crippen molar-refractivity contribution in [1.29, 1.82) is 0 Å². The molecule has 0 fully saturated rings. The zero-order valence-corrected chi connectivity index (χ0v) is 19.4. The Morgan fingerprint density at radius 1 is 0.750 bits per heavy atom.